The maximum atomic E-state index is 5.50. The number of nitrogens with zero attached hydrogens (tertiary/aromatic N) is 3. The van der Waals surface area contributed by atoms with Gasteiger partial charge in [0.15, 0.2) is 11.5 Å². The van der Waals surface area contributed by atoms with Crippen LogP contribution in [-0.2, 0) is 13.1 Å². The minimum absolute atomic E-state index is 0.326. The van der Waals surface area contributed by atoms with Crippen LogP contribution in [0, 0.1) is 0 Å². The predicted octanol–water partition coefficient (Wildman–Crippen LogP) is 3.87. The first-order chi connectivity index (χ1) is 14.8. The molecule has 0 bridgehead atoms. The minimum atomic E-state index is 0.326. The first-order valence-corrected chi connectivity index (χ1v) is 11.1. The Labute approximate surface area is 180 Å². The summed E-state index contributed by atoms with van der Waals surface area (Å²) < 4.78 is 16.4. The van der Waals surface area contributed by atoms with Crippen LogP contribution in [0.4, 0.5) is 0 Å². The molecule has 2 aliphatic heterocycles. The molecule has 0 N–H and O–H groups in total. The maximum Gasteiger partial charge on any atom is 0.231 e. The van der Waals surface area contributed by atoms with Crippen LogP contribution in [0.2, 0.25) is 0 Å². The van der Waals surface area contributed by atoms with Crippen LogP contribution < -0.4 is 14.2 Å². The number of rotatable bonds is 6. The van der Waals surface area contributed by atoms with Gasteiger partial charge in [-0.3, -0.25) is 9.80 Å². The third-order valence-electron chi connectivity index (χ3n) is 5.58. The molecule has 3 heterocycles. The van der Waals surface area contributed by atoms with E-state index in [-0.39, 0.29) is 0 Å². The summed E-state index contributed by atoms with van der Waals surface area (Å²) in [6.45, 7) is 6.36. The Bertz CT molecular complexity index is 1010. The average molecular weight is 424 g/mol. The molecule has 2 aliphatic rings. The normalized spacial score (nSPS) is 16.7. The molecular formula is C23H25N3O3S. The second kappa shape index (κ2) is 8.63. The number of hydrogen-bond donors (Lipinski definition) is 0. The van der Waals surface area contributed by atoms with Crippen molar-refractivity contribution < 1.29 is 14.2 Å². The smallest absolute Gasteiger partial charge is 0.231 e. The zero-order chi connectivity index (χ0) is 20.3. The van der Waals surface area contributed by atoms with Crippen LogP contribution >= 0.6 is 11.3 Å². The third-order valence-corrected chi connectivity index (χ3v) is 6.51. The van der Waals surface area contributed by atoms with Crippen molar-refractivity contribution in [2.75, 3.05) is 40.1 Å². The van der Waals surface area contributed by atoms with Gasteiger partial charge in [-0.15, -0.1) is 11.3 Å². The van der Waals surface area contributed by atoms with E-state index in [0.29, 0.717) is 6.79 Å². The molecule has 0 unspecified atom stereocenters. The number of hydrogen-bond acceptors (Lipinski definition) is 7. The molecular weight excluding hydrogens is 398 g/mol. The molecule has 0 amide bonds. The molecule has 0 radical (unpaired) electrons. The van der Waals surface area contributed by atoms with Crippen molar-refractivity contribution in [1.82, 2.24) is 14.8 Å². The standard InChI is InChI=1S/C23H25N3O3S/c1-27-20-5-3-2-4-19(20)23-24-18(15-30-23)14-26-10-8-25(9-11-26)13-17-6-7-21-22(12-17)29-16-28-21/h2-7,12,15H,8-11,13-14,16H2,1H3. The lowest BCUT2D eigenvalue weighted by Gasteiger charge is -2.34. The number of piperazine rings is 1. The quantitative estimate of drug-likeness (QED) is 0.600. The first kappa shape index (κ1) is 19.4. The van der Waals surface area contributed by atoms with E-state index in [1.807, 2.05) is 24.3 Å². The lowest BCUT2D eigenvalue weighted by molar-refractivity contribution is 0.121. The number of para-hydroxylation sites is 1. The highest BCUT2D eigenvalue weighted by Gasteiger charge is 2.20. The summed E-state index contributed by atoms with van der Waals surface area (Å²) in [5.41, 5.74) is 3.46. The molecule has 6 nitrogen and oxygen atoms in total. The Morgan fingerprint density at radius 3 is 2.57 bits per heavy atom. The van der Waals surface area contributed by atoms with Gasteiger partial charge in [0, 0.05) is 44.6 Å². The van der Waals surface area contributed by atoms with Gasteiger partial charge >= 0.3 is 0 Å². The fourth-order valence-corrected chi connectivity index (χ4v) is 4.80. The minimum Gasteiger partial charge on any atom is -0.496 e. The molecule has 1 aromatic heterocycles. The summed E-state index contributed by atoms with van der Waals surface area (Å²) in [6.07, 6.45) is 0. The van der Waals surface area contributed by atoms with E-state index in [9.17, 15) is 0 Å². The van der Waals surface area contributed by atoms with Crippen LogP contribution in [-0.4, -0.2) is 54.9 Å². The third kappa shape index (κ3) is 4.14. The molecule has 1 saturated heterocycles. The van der Waals surface area contributed by atoms with Gasteiger partial charge in [0.25, 0.3) is 0 Å². The maximum absolute atomic E-state index is 5.50. The van der Waals surface area contributed by atoms with Gasteiger partial charge in [0.1, 0.15) is 10.8 Å². The Kier molecular flexibility index (Phi) is 5.57. The Hall–Kier alpha value is -2.61. The average Bonchev–Trinajstić information content (AvgIpc) is 3.44. The van der Waals surface area contributed by atoms with Crippen molar-refractivity contribution in [3.63, 3.8) is 0 Å². The summed E-state index contributed by atoms with van der Waals surface area (Å²) in [7, 11) is 1.70. The predicted molar refractivity (Wildman–Crippen MR) is 117 cm³/mol. The van der Waals surface area contributed by atoms with Crippen LogP contribution in [0.25, 0.3) is 10.6 Å². The van der Waals surface area contributed by atoms with Crippen LogP contribution in [0.1, 0.15) is 11.3 Å². The van der Waals surface area contributed by atoms with Gasteiger partial charge < -0.3 is 14.2 Å². The number of aromatic nitrogens is 1. The number of ether oxygens (including phenoxy) is 3. The van der Waals surface area contributed by atoms with Crippen molar-refractivity contribution in [1.29, 1.82) is 0 Å². The second-order valence-corrected chi connectivity index (χ2v) is 8.44. The fourth-order valence-electron chi connectivity index (χ4n) is 3.96. The zero-order valence-electron chi connectivity index (χ0n) is 17.0. The van der Waals surface area contributed by atoms with Gasteiger partial charge in [-0.1, -0.05) is 18.2 Å². The summed E-state index contributed by atoms with van der Waals surface area (Å²) in [4.78, 5) is 9.84. The number of benzene rings is 2. The highest BCUT2D eigenvalue weighted by molar-refractivity contribution is 7.13. The van der Waals surface area contributed by atoms with Crippen molar-refractivity contribution in [3.8, 4) is 27.8 Å². The van der Waals surface area contributed by atoms with Crippen LogP contribution in [0.5, 0.6) is 17.2 Å². The van der Waals surface area contributed by atoms with E-state index in [4.69, 9.17) is 19.2 Å². The first-order valence-electron chi connectivity index (χ1n) is 10.2. The zero-order valence-corrected chi connectivity index (χ0v) is 17.9. The molecule has 0 aliphatic carbocycles. The van der Waals surface area contributed by atoms with E-state index in [1.165, 1.54) is 5.56 Å². The topological polar surface area (TPSA) is 47.1 Å². The molecule has 156 valence electrons. The molecule has 30 heavy (non-hydrogen) atoms. The van der Waals surface area contributed by atoms with Crippen molar-refractivity contribution in [2.45, 2.75) is 13.1 Å². The van der Waals surface area contributed by atoms with Gasteiger partial charge in [0.2, 0.25) is 6.79 Å². The van der Waals surface area contributed by atoms with Crippen LogP contribution in [0.3, 0.4) is 0 Å². The van der Waals surface area contributed by atoms with E-state index in [2.05, 4.69) is 33.4 Å². The molecule has 0 spiro atoms. The number of methoxy groups -OCH3 is 1. The lowest BCUT2D eigenvalue weighted by Crippen LogP contribution is -2.45. The van der Waals surface area contributed by atoms with Crippen molar-refractivity contribution >= 4 is 11.3 Å². The molecule has 0 atom stereocenters. The lowest BCUT2D eigenvalue weighted by atomic mass is 10.1. The van der Waals surface area contributed by atoms with Crippen molar-refractivity contribution in [2.24, 2.45) is 0 Å². The van der Waals surface area contributed by atoms with E-state index in [0.717, 1.165) is 72.8 Å². The van der Waals surface area contributed by atoms with E-state index < -0.39 is 0 Å². The van der Waals surface area contributed by atoms with Gasteiger partial charge in [-0.05, 0) is 29.8 Å². The highest BCUT2D eigenvalue weighted by atomic mass is 32.1. The van der Waals surface area contributed by atoms with Gasteiger partial charge in [0.05, 0.1) is 18.4 Å². The molecule has 1 fully saturated rings. The summed E-state index contributed by atoms with van der Waals surface area (Å²) >= 11 is 1.68. The number of fused-ring (bicyclic) bond motifs is 1. The Morgan fingerprint density at radius 1 is 0.967 bits per heavy atom. The molecule has 3 aromatic rings. The molecule has 5 rings (SSSR count). The van der Waals surface area contributed by atoms with E-state index >= 15 is 0 Å². The summed E-state index contributed by atoms with van der Waals surface area (Å²) in [6, 6.07) is 14.3. The summed E-state index contributed by atoms with van der Waals surface area (Å²) in [5, 5.41) is 3.18. The van der Waals surface area contributed by atoms with E-state index in [1.54, 1.807) is 18.4 Å². The molecule has 7 heteroatoms. The molecule has 0 saturated carbocycles. The largest absolute Gasteiger partial charge is 0.496 e. The van der Waals surface area contributed by atoms with Gasteiger partial charge in [-0.25, -0.2) is 4.98 Å². The fraction of sp³-hybridized carbons (Fsp3) is 0.348. The van der Waals surface area contributed by atoms with Gasteiger partial charge in [-0.2, -0.15) is 0 Å². The molecule has 2 aromatic carbocycles. The van der Waals surface area contributed by atoms with Crippen molar-refractivity contribution in [3.05, 3.63) is 59.1 Å². The highest BCUT2D eigenvalue weighted by Crippen LogP contribution is 2.33. The van der Waals surface area contributed by atoms with Crippen LogP contribution in [0.15, 0.2) is 47.8 Å². The summed E-state index contributed by atoms with van der Waals surface area (Å²) in [5.74, 6) is 2.58. The monoisotopic (exact) mass is 423 g/mol. The number of thiazole rings is 1. The SMILES string of the molecule is COc1ccccc1-c1nc(CN2CCN(Cc3ccc4c(c3)OCO4)CC2)cs1. The Morgan fingerprint density at radius 2 is 1.73 bits per heavy atom. The second-order valence-electron chi connectivity index (χ2n) is 7.58. The Balaban J connectivity index is 1.16.